The zero-order chi connectivity index (χ0) is 18.8. The van der Waals surface area contributed by atoms with Crippen LogP contribution in [0.2, 0.25) is 0 Å². The van der Waals surface area contributed by atoms with E-state index >= 15 is 0 Å². The van der Waals surface area contributed by atoms with E-state index in [9.17, 15) is 9.59 Å². The molecule has 0 fully saturated rings. The Labute approximate surface area is 163 Å². The van der Waals surface area contributed by atoms with Crippen molar-refractivity contribution >= 4 is 49.4 Å². The summed E-state index contributed by atoms with van der Waals surface area (Å²) in [6, 6.07) is 11.1. The summed E-state index contributed by atoms with van der Waals surface area (Å²) in [4.78, 5) is 29.2. The highest BCUT2D eigenvalue weighted by molar-refractivity contribution is 9.10. The van der Waals surface area contributed by atoms with Gasteiger partial charge in [0.1, 0.15) is 6.54 Å². The third-order valence-corrected chi connectivity index (χ3v) is 5.68. The molecular formula is C19H17BrN2O3S. The maximum atomic E-state index is 12.6. The van der Waals surface area contributed by atoms with Crippen LogP contribution in [0.25, 0.3) is 10.2 Å². The minimum absolute atomic E-state index is 0.00580. The number of carbonyl (C=O) groups excluding carboxylic acids is 2. The van der Waals surface area contributed by atoms with Crippen molar-refractivity contribution in [3.63, 3.8) is 0 Å². The van der Waals surface area contributed by atoms with Gasteiger partial charge in [-0.25, -0.2) is 0 Å². The smallest absolute Gasteiger partial charge is 0.325 e. The molecule has 1 heterocycles. The molecule has 1 amide bonds. The van der Waals surface area contributed by atoms with Gasteiger partial charge in [-0.2, -0.15) is 4.99 Å². The van der Waals surface area contributed by atoms with Crippen LogP contribution in [0.5, 0.6) is 0 Å². The van der Waals surface area contributed by atoms with E-state index < -0.39 is 0 Å². The summed E-state index contributed by atoms with van der Waals surface area (Å²) in [5.74, 6) is -0.738. The predicted octanol–water partition coefficient (Wildman–Crippen LogP) is 4.00. The summed E-state index contributed by atoms with van der Waals surface area (Å²) in [6.45, 7) is 4.01. The van der Waals surface area contributed by atoms with Gasteiger partial charge >= 0.3 is 5.97 Å². The van der Waals surface area contributed by atoms with E-state index in [0.29, 0.717) is 10.4 Å². The first-order chi connectivity index (χ1) is 12.4. The van der Waals surface area contributed by atoms with Crippen molar-refractivity contribution in [2.24, 2.45) is 4.99 Å². The fourth-order valence-electron chi connectivity index (χ4n) is 2.69. The Morgan fingerprint density at radius 2 is 1.88 bits per heavy atom. The van der Waals surface area contributed by atoms with Gasteiger partial charge in [0, 0.05) is 10.0 Å². The fourth-order valence-corrected chi connectivity index (χ4v) is 4.03. The van der Waals surface area contributed by atoms with E-state index in [0.717, 1.165) is 25.8 Å². The van der Waals surface area contributed by atoms with E-state index in [1.165, 1.54) is 18.4 Å². The summed E-state index contributed by atoms with van der Waals surface area (Å²) in [5.41, 5.74) is 3.53. The summed E-state index contributed by atoms with van der Waals surface area (Å²) in [7, 11) is 1.34. The Hall–Kier alpha value is -2.25. The largest absolute Gasteiger partial charge is 0.468 e. The van der Waals surface area contributed by atoms with Crippen molar-refractivity contribution in [2.45, 2.75) is 20.4 Å². The van der Waals surface area contributed by atoms with E-state index in [1.807, 2.05) is 19.9 Å². The molecule has 0 aliphatic heterocycles. The SMILES string of the molecule is COC(=O)Cn1c(=NC(=O)c2ccc(Br)cc2)sc2c(C)cc(C)cc21. The first kappa shape index (κ1) is 18.5. The second-order valence-electron chi connectivity index (χ2n) is 5.90. The average molecular weight is 433 g/mol. The molecule has 0 aliphatic rings. The number of carbonyl (C=O) groups is 2. The van der Waals surface area contributed by atoms with Crippen LogP contribution in [-0.2, 0) is 16.1 Å². The third kappa shape index (κ3) is 3.78. The van der Waals surface area contributed by atoms with Crippen LogP contribution >= 0.6 is 27.3 Å². The number of rotatable bonds is 3. The normalized spacial score (nSPS) is 11.8. The van der Waals surface area contributed by atoms with Crippen molar-refractivity contribution in [2.75, 3.05) is 7.11 Å². The number of fused-ring (bicyclic) bond motifs is 1. The molecule has 2 aromatic carbocycles. The van der Waals surface area contributed by atoms with Crippen LogP contribution in [0, 0.1) is 13.8 Å². The number of amides is 1. The van der Waals surface area contributed by atoms with Crippen LogP contribution in [0.4, 0.5) is 0 Å². The number of thiazole rings is 1. The summed E-state index contributed by atoms with van der Waals surface area (Å²) in [5, 5.41) is 0. The number of hydrogen-bond donors (Lipinski definition) is 0. The maximum Gasteiger partial charge on any atom is 0.325 e. The lowest BCUT2D eigenvalue weighted by Gasteiger charge is -2.05. The molecule has 0 saturated carbocycles. The number of benzene rings is 2. The van der Waals surface area contributed by atoms with Crippen molar-refractivity contribution in [1.82, 2.24) is 4.57 Å². The van der Waals surface area contributed by atoms with Crippen LogP contribution in [-0.4, -0.2) is 23.6 Å². The lowest BCUT2D eigenvalue weighted by molar-refractivity contribution is -0.141. The van der Waals surface area contributed by atoms with Gasteiger partial charge in [0.05, 0.1) is 17.3 Å². The zero-order valence-electron chi connectivity index (χ0n) is 14.6. The van der Waals surface area contributed by atoms with Gasteiger partial charge in [0.25, 0.3) is 5.91 Å². The second kappa shape index (κ2) is 7.55. The summed E-state index contributed by atoms with van der Waals surface area (Å²) >= 11 is 4.75. The molecule has 3 aromatic rings. The minimum atomic E-state index is -0.388. The molecule has 0 radical (unpaired) electrons. The first-order valence-electron chi connectivity index (χ1n) is 7.91. The van der Waals surface area contributed by atoms with Gasteiger partial charge in [0.2, 0.25) is 0 Å². The molecule has 26 heavy (non-hydrogen) atoms. The van der Waals surface area contributed by atoms with Gasteiger partial charge in [0.15, 0.2) is 4.80 Å². The Bertz CT molecular complexity index is 1060. The molecule has 134 valence electrons. The highest BCUT2D eigenvalue weighted by Crippen LogP contribution is 2.23. The van der Waals surface area contributed by atoms with Crippen LogP contribution in [0.3, 0.4) is 0 Å². The van der Waals surface area contributed by atoms with E-state index in [-0.39, 0.29) is 18.4 Å². The lowest BCUT2D eigenvalue weighted by atomic mass is 10.1. The molecule has 0 saturated heterocycles. The van der Waals surface area contributed by atoms with E-state index in [1.54, 1.807) is 28.8 Å². The summed E-state index contributed by atoms with van der Waals surface area (Å²) < 4.78 is 8.44. The van der Waals surface area contributed by atoms with Crippen molar-refractivity contribution in [3.05, 3.63) is 62.4 Å². The number of nitrogens with zero attached hydrogens (tertiary/aromatic N) is 2. The summed E-state index contributed by atoms with van der Waals surface area (Å²) in [6.07, 6.45) is 0. The van der Waals surface area contributed by atoms with Crippen LogP contribution in [0.15, 0.2) is 45.9 Å². The quantitative estimate of drug-likeness (QED) is 0.587. The Morgan fingerprint density at radius 3 is 2.54 bits per heavy atom. The van der Waals surface area contributed by atoms with Crippen molar-refractivity contribution < 1.29 is 14.3 Å². The van der Waals surface area contributed by atoms with Gasteiger partial charge in [-0.15, -0.1) is 0 Å². The van der Waals surface area contributed by atoms with Gasteiger partial charge in [-0.3, -0.25) is 9.59 Å². The van der Waals surface area contributed by atoms with Crippen LogP contribution in [0.1, 0.15) is 21.5 Å². The van der Waals surface area contributed by atoms with Gasteiger partial charge < -0.3 is 9.30 Å². The molecule has 0 unspecified atom stereocenters. The Morgan fingerprint density at radius 1 is 1.19 bits per heavy atom. The number of ether oxygens (including phenoxy) is 1. The number of esters is 1. The molecule has 7 heteroatoms. The Kier molecular flexibility index (Phi) is 5.38. The Balaban J connectivity index is 2.18. The molecule has 0 bridgehead atoms. The molecule has 1 aromatic heterocycles. The number of aryl methyl sites for hydroxylation is 2. The number of methoxy groups -OCH3 is 1. The molecular weight excluding hydrogens is 416 g/mol. The second-order valence-corrected chi connectivity index (χ2v) is 7.79. The molecule has 0 atom stereocenters. The average Bonchev–Trinajstić information content (AvgIpc) is 2.93. The minimum Gasteiger partial charge on any atom is -0.468 e. The highest BCUT2D eigenvalue weighted by atomic mass is 79.9. The number of aromatic nitrogens is 1. The standard InChI is InChI=1S/C19H17BrN2O3S/c1-11-8-12(2)17-15(9-11)22(10-16(23)25-3)19(26-17)21-18(24)13-4-6-14(20)7-5-13/h4-9H,10H2,1-3H3. The maximum absolute atomic E-state index is 12.6. The molecule has 0 aliphatic carbocycles. The van der Waals surface area contributed by atoms with Gasteiger partial charge in [-0.05, 0) is 55.3 Å². The fraction of sp³-hybridized carbons (Fsp3) is 0.211. The third-order valence-electron chi connectivity index (χ3n) is 3.92. The number of hydrogen-bond acceptors (Lipinski definition) is 4. The molecule has 5 nitrogen and oxygen atoms in total. The molecule has 0 spiro atoms. The topological polar surface area (TPSA) is 60.7 Å². The lowest BCUT2D eigenvalue weighted by Crippen LogP contribution is -2.22. The predicted molar refractivity (Wildman–Crippen MR) is 105 cm³/mol. The van der Waals surface area contributed by atoms with E-state index in [2.05, 4.69) is 27.0 Å². The van der Waals surface area contributed by atoms with Crippen LogP contribution < -0.4 is 4.80 Å². The zero-order valence-corrected chi connectivity index (χ0v) is 17.0. The van der Waals surface area contributed by atoms with E-state index in [4.69, 9.17) is 4.74 Å². The number of halogens is 1. The van der Waals surface area contributed by atoms with Crippen molar-refractivity contribution in [3.8, 4) is 0 Å². The molecule has 0 N–H and O–H groups in total. The molecule has 3 rings (SSSR count). The first-order valence-corrected chi connectivity index (χ1v) is 9.52. The highest BCUT2D eigenvalue weighted by Gasteiger charge is 2.14. The van der Waals surface area contributed by atoms with Gasteiger partial charge in [-0.1, -0.05) is 33.3 Å². The van der Waals surface area contributed by atoms with Crippen molar-refractivity contribution in [1.29, 1.82) is 0 Å². The monoisotopic (exact) mass is 432 g/mol.